The molecule has 1 atom stereocenters. The largest absolute Gasteiger partial charge is 0.399 e. The molecule has 134 valence electrons. The van der Waals surface area contributed by atoms with E-state index in [4.69, 9.17) is 4.43 Å². The topological polar surface area (TPSA) is 33.0 Å². The molecule has 0 heterocycles. The molecule has 1 unspecified atom stereocenters. The Hall–Kier alpha value is -2.33. The molecule has 0 fully saturated rings. The molecule has 0 N–H and O–H groups in total. The second-order valence-corrected chi connectivity index (χ2v) is 12.8. The molecule has 0 bridgehead atoms. The third kappa shape index (κ3) is 4.64. The quantitative estimate of drug-likeness (QED) is 0.497. The number of hydrogen-bond acceptors (Lipinski definition) is 2. The van der Waals surface area contributed by atoms with Crippen molar-refractivity contribution in [2.24, 2.45) is 0 Å². The van der Waals surface area contributed by atoms with Crippen molar-refractivity contribution in [2.45, 2.75) is 51.9 Å². The lowest BCUT2D eigenvalue weighted by Crippen LogP contribution is -2.41. The van der Waals surface area contributed by atoms with Gasteiger partial charge in [0.15, 0.2) is 8.32 Å². The summed E-state index contributed by atoms with van der Waals surface area (Å²) in [5, 5.41) is 9.58. The Bertz CT molecular complexity index is 875. The van der Waals surface area contributed by atoms with E-state index in [1.165, 1.54) is 0 Å². The van der Waals surface area contributed by atoms with Gasteiger partial charge in [-0.2, -0.15) is 5.26 Å². The second-order valence-electron chi connectivity index (χ2n) is 8.04. The fourth-order valence-corrected chi connectivity index (χ4v) is 3.45. The highest BCUT2D eigenvalue weighted by Crippen LogP contribution is 2.40. The summed E-state index contributed by atoms with van der Waals surface area (Å²) >= 11 is 0. The molecule has 0 spiro atoms. The van der Waals surface area contributed by atoms with E-state index in [-0.39, 0.29) is 5.04 Å². The molecule has 0 aliphatic carbocycles. The van der Waals surface area contributed by atoms with Gasteiger partial charge in [-0.3, -0.25) is 0 Å². The Morgan fingerprint density at radius 1 is 0.962 bits per heavy atom. The maximum absolute atomic E-state index is 9.51. The van der Waals surface area contributed by atoms with Crippen LogP contribution in [0.3, 0.4) is 0 Å². The van der Waals surface area contributed by atoms with E-state index in [1.807, 2.05) is 42.5 Å². The van der Waals surface area contributed by atoms with Gasteiger partial charge in [0.05, 0.1) is 11.6 Å². The molecule has 0 aliphatic heterocycles. The lowest BCUT2D eigenvalue weighted by molar-refractivity contribution is 0.238. The maximum atomic E-state index is 9.51. The Labute approximate surface area is 159 Å². The Morgan fingerprint density at radius 2 is 1.54 bits per heavy atom. The molecule has 0 amide bonds. The molecular formula is C23H27NOSi. The number of nitriles is 1. The molecule has 2 aromatic rings. The molecular weight excluding hydrogens is 334 g/mol. The zero-order valence-corrected chi connectivity index (χ0v) is 17.6. The third-order valence-electron chi connectivity index (χ3n) is 5.07. The lowest BCUT2D eigenvalue weighted by Gasteiger charge is -2.38. The van der Waals surface area contributed by atoms with E-state index in [9.17, 15) is 5.26 Å². The second kappa shape index (κ2) is 7.91. The van der Waals surface area contributed by atoms with E-state index in [2.05, 4.69) is 64.8 Å². The van der Waals surface area contributed by atoms with Crippen LogP contribution in [-0.2, 0) is 4.43 Å². The fourth-order valence-electron chi connectivity index (χ4n) is 2.33. The summed E-state index contributed by atoms with van der Waals surface area (Å²) in [6, 6.07) is 17.9. The summed E-state index contributed by atoms with van der Waals surface area (Å²) in [6.07, 6.45) is -0.411. The Balaban J connectivity index is 2.50. The molecule has 0 saturated heterocycles. The van der Waals surface area contributed by atoms with Gasteiger partial charge in [0.1, 0.15) is 6.10 Å². The molecule has 2 nitrogen and oxygen atoms in total. The van der Waals surface area contributed by atoms with Crippen LogP contribution in [0.1, 0.15) is 49.1 Å². The van der Waals surface area contributed by atoms with E-state index < -0.39 is 14.4 Å². The first kappa shape index (κ1) is 20.0. The molecule has 2 aromatic carbocycles. The molecule has 3 heteroatoms. The normalized spacial score (nSPS) is 12.7. The van der Waals surface area contributed by atoms with Gasteiger partial charge in [-0.15, -0.1) is 0 Å². The van der Waals surface area contributed by atoms with Gasteiger partial charge in [-0.25, -0.2) is 0 Å². The van der Waals surface area contributed by atoms with Crippen LogP contribution in [0.5, 0.6) is 0 Å². The smallest absolute Gasteiger partial charge is 0.194 e. The van der Waals surface area contributed by atoms with Crippen LogP contribution in [0.2, 0.25) is 18.1 Å². The van der Waals surface area contributed by atoms with Crippen LogP contribution in [0.25, 0.3) is 0 Å². The van der Waals surface area contributed by atoms with Crippen molar-refractivity contribution in [2.75, 3.05) is 0 Å². The number of benzene rings is 2. The minimum Gasteiger partial charge on any atom is -0.399 e. The number of nitrogens with zero attached hydrogens (tertiary/aromatic N) is 1. The maximum Gasteiger partial charge on any atom is 0.194 e. The van der Waals surface area contributed by atoms with Crippen molar-refractivity contribution in [1.82, 2.24) is 0 Å². The van der Waals surface area contributed by atoms with Crippen LogP contribution < -0.4 is 0 Å². The van der Waals surface area contributed by atoms with Crippen LogP contribution in [-0.4, -0.2) is 8.32 Å². The number of aryl methyl sites for hydroxylation is 1. The summed E-state index contributed by atoms with van der Waals surface area (Å²) in [5.74, 6) is 6.58. The molecule has 2 rings (SSSR count). The monoisotopic (exact) mass is 361 g/mol. The average molecular weight is 362 g/mol. The number of hydrogen-bond donors (Lipinski definition) is 0. The predicted molar refractivity (Wildman–Crippen MR) is 110 cm³/mol. The van der Waals surface area contributed by atoms with Crippen molar-refractivity contribution >= 4 is 8.32 Å². The Morgan fingerprint density at radius 3 is 2.12 bits per heavy atom. The minimum atomic E-state index is -2.05. The summed E-state index contributed by atoms with van der Waals surface area (Å²) < 4.78 is 6.61. The molecule has 0 saturated carbocycles. The van der Waals surface area contributed by atoms with E-state index in [0.717, 1.165) is 16.7 Å². The van der Waals surface area contributed by atoms with Gasteiger partial charge in [0.25, 0.3) is 0 Å². The average Bonchev–Trinajstić information content (AvgIpc) is 2.58. The van der Waals surface area contributed by atoms with Crippen molar-refractivity contribution < 1.29 is 4.43 Å². The zero-order chi connectivity index (χ0) is 19.4. The van der Waals surface area contributed by atoms with Gasteiger partial charge in [0, 0.05) is 11.1 Å². The summed E-state index contributed by atoms with van der Waals surface area (Å²) in [5.41, 5.74) is 3.60. The number of rotatable bonds is 3. The first-order valence-corrected chi connectivity index (χ1v) is 11.8. The van der Waals surface area contributed by atoms with Crippen molar-refractivity contribution in [3.63, 3.8) is 0 Å². The summed E-state index contributed by atoms with van der Waals surface area (Å²) in [7, 11) is -2.05. The minimum absolute atomic E-state index is 0.0666. The summed E-state index contributed by atoms with van der Waals surface area (Å²) in [4.78, 5) is 0. The van der Waals surface area contributed by atoms with Crippen molar-refractivity contribution in [1.29, 1.82) is 5.26 Å². The first-order chi connectivity index (χ1) is 12.2. The van der Waals surface area contributed by atoms with Crippen LogP contribution >= 0.6 is 0 Å². The molecule has 0 aromatic heterocycles. The van der Waals surface area contributed by atoms with Crippen LogP contribution in [0.4, 0.5) is 0 Å². The zero-order valence-electron chi connectivity index (χ0n) is 16.6. The third-order valence-corrected chi connectivity index (χ3v) is 9.50. The first-order valence-electron chi connectivity index (χ1n) is 8.90. The summed E-state index contributed by atoms with van der Waals surface area (Å²) in [6.45, 7) is 13.1. The molecule has 0 radical (unpaired) electrons. The predicted octanol–water partition coefficient (Wildman–Crippen LogP) is 5.98. The van der Waals surface area contributed by atoms with Gasteiger partial charge < -0.3 is 4.43 Å². The highest BCUT2D eigenvalue weighted by atomic mass is 28.4. The standard InChI is InChI=1S/C23H27NOSi/c1-18-11-7-8-12-19(18)15-16-22(25-26(5,6)23(2,3)4)21-14-10-9-13-20(21)17-24/h7-14,22H,1-6H3. The van der Waals surface area contributed by atoms with E-state index >= 15 is 0 Å². The Kier molecular flexibility index (Phi) is 6.08. The van der Waals surface area contributed by atoms with Gasteiger partial charge in [-0.05, 0) is 42.8 Å². The van der Waals surface area contributed by atoms with E-state index in [1.54, 1.807) is 0 Å². The van der Waals surface area contributed by atoms with Crippen LogP contribution in [0, 0.1) is 30.1 Å². The van der Waals surface area contributed by atoms with Crippen LogP contribution in [0.15, 0.2) is 48.5 Å². The SMILES string of the molecule is Cc1ccccc1C#CC(O[Si](C)(C)C(C)(C)C)c1ccccc1C#N. The highest BCUT2D eigenvalue weighted by Gasteiger charge is 2.39. The van der Waals surface area contributed by atoms with Gasteiger partial charge in [-0.1, -0.05) is 69.0 Å². The molecule has 26 heavy (non-hydrogen) atoms. The van der Waals surface area contributed by atoms with Gasteiger partial charge in [0.2, 0.25) is 0 Å². The lowest BCUT2D eigenvalue weighted by atomic mass is 10.0. The van der Waals surface area contributed by atoms with E-state index in [0.29, 0.717) is 5.56 Å². The highest BCUT2D eigenvalue weighted by molar-refractivity contribution is 6.74. The van der Waals surface area contributed by atoms with Gasteiger partial charge >= 0.3 is 0 Å². The molecule has 0 aliphatic rings. The fraction of sp³-hybridized carbons (Fsp3) is 0.348. The van der Waals surface area contributed by atoms with Crippen molar-refractivity contribution in [3.8, 4) is 17.9 Å². The van der Waals surface area contributed by atoms with Crippen molar-refractivity contribution in [3.05, 3.63) is 70.8 Å².